The molecular weight excluding hydrogens is 523 g/mol. The number of nitrogens with zero attached hydrogens (tertiary/aromatic N) is 2. The fraction of sp³-hybridized carbons (Fsp3) is 0.435. The Balaban J connectivity index is 0.00000341. The van der Waals surface area contributed by atoms with Gasteiger partial charge in [0.15, 0.2) is 5.96 Å². The van der Waals surface area contributed by atoms with Gasteiger partial charge in [0.05, 0.1) is 13.2 Å². The number of ether oxygens (including phenoxy) is 2. The molecule has 2 aromatic rings. The molecule has 0 bridgehead atoms. The lowest BCUT2D eigenvalue weighted by molar-refractivity contribution is 0.0322. The highest BCUT2D eigenvalue weighted by Crippen LogP contribution is 2.18. The van der Waals surface area contributed by atoms with Crippen LogP contribution in [-0.4, -0.2) is 69.7 Å². The van der Waals surface area contributed by atoms with Crippen LogP contribution in [-0.2, 0) is 11.3 Å². The largest absolute Gasteiger partial charge is 0.492 e. The Morgan fingerprint density at radius 2 is 1.81 bits per heavy atom. The smallest absolute Gasteiger partial charge is 0.191 e. The van der Waals surface area contributed by atoms with Gasteiger partial charge in [-0.05, 0) is 18.2 Å². The van der Waals surface area contributed by atoms with Crippen LogP contribution in [0.2, 0.25) is 0 Å². The normalized spacial score (nSPS) is 14.5. The third-order valence-corrected chi connectivity index (χ3v) is 5.83. The molecule has 1 aliphatic rings. The van der Waals surface area contributed by atoms with Gasteiger partial charge >= 0.3 is 0 Å². The molecular formula is C23H33IN4O2S. The van der Waals surface area contributed by atoms with Crippen LogP contribution in [0.1, 0.15) is 5.56 Å². The lowest BCUT2D eigenvalue weighted by Gasteiger charge is -2.26. The summed E-state index contributed by atoms with van der Waals surface area (Å²) in [5.74, 6) is 2.70. The van der Waals surface area contributed by atoms with Crippen LogP contribution in [0.4, 0.5) is 0 Å². The summed E-state index contributed by atoms with van der Waals surface area (Å²) in [7, 11) is 1.80. The zero-order chi connectivity index (χ0) is 20.9. The van der Waals surface area contributed by atoms with Gasteiger partial charge in [0.2, 0.25) is 0 Å². The summed E-state index contributed by atoms with van der Waals surface area (Å²) in [6.45, 7) is 6.71. The molecule has 0 aromatic heterocycles. The highest BCUT2D eigenvalue weighted by atomic mass is 127. The maximum absolute atomic E-state index is 6.07. The topological polar surface area (TPSA) is 58.1 Å². The first-order chi connectivity index (χ1) is 14.8. The number of hydrogen-bond acceptors (Lipinski definition) is 5. The molecule has 2 aromatic carbocycles. The van der Waals surface area contributed by atoms with Gasteiger partial charge in [-0.2, -0.15) is 0 Å². The van der Waals surface area contributed by atoms with Crippen molar-refractivity contribution in [3.8, 4) is 5.75 Å². The van der Waals surface area contributed by atoms with Crippen LogP contribution in [0.15, 0.2) is 64.5 Å². The number of aliphatic imine (C=N–C) groups is 1. The average molecular weight is 557 g/mol. The first kappa shape index (κ1) is 25.8. The second-order valence-corrected chi connectivity index (χ2v) is 8.09. The first-order valence-electron chi connectivity index (χ1n) is 10.5. The zero-order valence-electron chi connectivity index (χ0n) is 18.1. The van der Waals surface area contributed by atoms with Crippen molar-refractivity contribution in [2.24, 2.45) is 4.99 Å². The van der Waals surface area contributed by atoms with Gasteiger partial charge in [-0.1, -0.05) is 36.4 Å². The molecule has 0 amide bonds. The molecule has 6 nitrogen and oxygen atoms in total. The molecule has 0 spiro atoms. The highest BCUT2D eigenvalue weighted by Gasteiger charge is 2.10. The van der Waals surface area contributed by atoms with E-state index < -0.39 is 0 Å². The Labute approximate surface area is 207 Å². The van der Waals surface area contributed by atoms with E-state index in [1.807, 2.05) is 36.0 Å². The molecule has 8 heteroatoms. The van der Waals surface area contributed by atoms with E-state index in [1.54, 1.807) is 7.05 Å². The van der Waals surface area contributed by atoms with Crippen LogP contribution in [0.3, 0.4) is 0 Å². The van der Waals surface area contributed by atoms with E-state index in [-0.39, 0.29) is 24.0 Å². The summed E-state index contributed by atoms with van der Waals surface area (Å²) in [5, 5.41) is 6.76. The predicted octanol–water partition coefficient (Wildman–Crippen LogP) is 3.47. The van der Waals surface area contributed by atoms with E-state index in [9.17, 15) is 0 Å². The predicted molar refractivity (Wildman–Crippen MR) is 140 cm³/mol. The fourth-order valence-electron chi connectivity index (χ4n) is 3.15. The van der Waals surface area contributed by atoms with Crippen LogP contribution in [0.5, 0.6) is 5.75 Å². The van der Waals surface area contributed by atoms with Crippen molar-refractivity contribution in [2.75, 3.05) is 58.8 Å². The summed E-state index contributed by atoms with van der Waals surface area (Å²) < 4.78 is 11.5. The van der Waals surface area contributed by atoms with Crippen molar-refractivity contribution >= 4 is 41.7 Å². The number of guanidine groups is 1. The first-order valence-corrected chi connectivity index (χ1v) is 11.5. The molecule has 1 fully saturated rings. The number of rotatable bonds is 10. The Bertz CT molecular complexity index is 773. The van der Waals surface area contributed by atoms with Gasteiger partial charge in [0.1, 0.15) is 12.4 Å². The van der Waals surface area contributed by atoms with E-state index in [0.717, 1.165) is 62.4 Å². The lowest BCUT2D eigenvalue weighted by atomic mass is 10.2. The lowest BCUT2D eigenvalue weighted by Crippen LogP contribution is -2.39. The van der Waals surface area contributed by atoms with Crippen molar-refractivity contribution < 1.29 is 9.47 Å². The van der Waals surface area contributed by atoms with Crippen LogP contribution >= 0.6 is 35.7 Å². The minimum absolute atomic E-state index is 0. The van der Waals surface area contributed by atoms with Crippen LogP contribution < -0.4 is 15.4 Å². The minimum atomic E-state index is 0. The molecule has 0 saturated carbocycles. The Kier molecular flexibility index (Phi) is 12.7. The average Bonchev–Trinajstić information content (AvgIpc) is 2.81. The highest BCUT2D eigenvalue weighted by molar-refractivity contribution is 14.0. The fourth-order valence-corrected chi connectivity index (χ4v) is 3.94. The maximum Gasteiger partial charge on any atom is 0.191 e. The third kappa shape index (κ3) is 9.67. The van der Waals surface area contributed by atoms with Gasteiger partial charge in [-0.3, -0.25) is 9.89 Å². The summed E-state index contributed by atoms with van der Waals surface area (Å²) in [5.41, 5.74) is 1.13. The minimum Gasteiger partial charge on any atom is -0.492 e. The van der Waals surface area contributed by atoms with Crippen LogP contribution in [0.25, 0.3) is 0 Å². The second kappa shape index (κ2) is 15.3. The number of morpholine rings is 1. The number of para-hydroxylation sites is 1. The maximum atomic E-state index is 6.07. The molecule has 1 heterocycles. The molecule has 2 N–H and O–H groups in total. The van der Waals surface area contributed by atoms with E-state index in [4.69, 9.17) is 9.47 Å². The number of thioether (sulfide) groups is 1. The van der Waals surface area contributed by atoms with Gasteiger partial charge < -0.3 is 20.1 Å². The van der Waals surface area contributed by atoms with Crippen LogP contribution in [0, 0.1) is 0 Å². The molecule has 31 heavy (non-hydrogen) atoms. The molecule has 3 rings (SSSR count). The molecule has 0 atom stereocenters. The molecule has 0 aliphatic carbocycles. The Hall–Kier alpha value is -1.49. The van der Waals surface area contributed by atoms with Gasteiger partial charge in [-0.15, -0.1) is 35.7 Å². The molecule has 1 aliphatic heterocycles. The van der Waals surface area contributed by atoms with Gasteiger partial charge in [0.25, 0.3) is 0 Å². The van der Waals surface area contributed by atoms with E-state index in [2.05, 4.69) is 50.9 Å². The zero-order valence-corrected chi connectivity index (χ0v) is 21.2. The van der Waals surface area contributed by atoms with Gasteiger partial charge in [0, 0.05) is 56.0 Å². The Morgan fingerprint density at radius 1 is 1.06 bits per heavy atom. The quantitative estimate of drug-likeness (QED) is 0.154. The van der Waals surface area contributed by atoms with E-state index >= 15 is 0 Å². The number of halogens is 1. The third-order valence-electron chi connectivity index (χ3n) is 4.82. The molecule has 1 saturated heterocycles. The SMILES string of the molecule is CN=C(NCCSc1ccccc1)NCc1ccccc1OCCN1CCOCC1.I. The summed E-state index contributed by atoms with van der Waals surface area (Å²) in [6.07, 6.45) is 0. The number of nitrogens with one attached hydrogen (secondary N) is 2. The van der Waals surface area contributed by atoms with E-state index in [1.165, 1.54) is 4.90 Å². The number of hydrogen-bond donors (Lipinski definition) is 2. The Morgan fingerprint density at radius 3 is 2.58 bits per heavy atom. The summed E-state index contributed by atoms with van der Waals surface area (Å²) in [6, 6.07) is 18.6. The van der Waals surface area contributed by atoms with Crippen molar-refractivity contribution in [1.82, 2.24) is 15.5 Å². The van der Waals surface area contributed by atoms with Crippen molar-refractivity contribution in [3.05, 3.63) is 60.2 Å². The van der Waals surface area contributed by atoms with E-state index in [0.29, 0.717) is 13.2 Å². The van der Waals surface area contributed by atoms with Crippen molar-refractivity contribution in [1.29, 1.82) is 0 Å². The summed E-state index contributed by atoms with van der Waals surface area (Å²) in [4.78, 5) is 7.99. The second-order valence-electron chi connectivity index (χ2n) is 6.92. The molecule has 170 valence electrons. The molecule has 0 radical (unpaired) electrons. The molecule has 0 unspecified atom stereocenters. The number of benzene rings is 2. The summed E-state index contributed by atoms with van der Waals surface area (Å²) >= 11 is 1.83. The van der Waals surface area contributed by atoms with Crippen molar-refractivity contribution in [3.63, 3.8) is 0 Å². The van der Waals surface area contributed by atoms with Gasteiger partial charge in [-0.25, -0.2) is 0 Å². The monoisotopic (exact) mass is 556 g/mol. The van der Waals surface area contributed by atoms with Crippen molar-refractivity contribution in [2.45, 2.75) is 11.4 Å². The standard InChI is InChI=1S/C23H32N4O2S.HI/c1-24-23(25-11-18-30-21-8-3-2-4-9-21)26-19-20-7-5-6-10-22(20)29-17-14-27-12-15-28-16-13-27;/h2-10H,11-19H2,1H3,(H2,24,25,26);1H.